The predicted octanol–water partition coefficient (Wildman–Crippen LogP) is -2.10. The Bertz CT molecular complexity index is 231. The van der Waals surface area contributed by atoms with E-state index in [0.717, 1.165) is 17.7 Å². The van der Waals surface area contributed by atoms with Gasteiger partial charge in [0, 0.05) is 18.4 Å². The second-order valence-electron chi connectivity index (χ2n) is 4.17. The third-order valence-corrected chi connectivity index (χ3v) is 2.28. The molecular formula is C9H16ClNO. The summed E-state index contributed by atoms with van der Waals surface area (Å²) in [4.78, 5) is 11.3. The van der Waals surface area contributed by atoms with Gasteiger partial charge in [-0.2, -0.15) is 0 Å². The third-order valence-electron chi connectivity index (χ3n) is 2.28. The molecule has 0 saturated carbocycles. The fraction of sp³-hybridized carbons (Fsp3) is 0.667. The molecule has 2 nitrogen and oxygen atoms in total. The van der Waals surface area contributed by atoms with Crippen LogP contribution in [-0.4, -0.2) is 5.78 Å². The predicted molar refractivity (Wildman–Crippen MR) is 43.6 cm³/mol. The number of hydrogen-bond acceptors (Lipinski definition) is 1. The average Bonchev–Trinajstić information content (AvgIpc) is 1.81. The van der Waals surface area contributed by atoms with Gasteiger partial charge < -0.3 is 18.1 Å². The second-order valence-corrected chi connectivity index (χ2v) is 4.17. The highest BCUT2D eigenvalue weighted by Crippen LogP contribution is 2.33. The van der Waals surface area contributed by atoms with Crippen molar-refractivity contribution in [3.8, 4) is 0 Å². The standard InChI is InChI=1S/C9H15NO.ClH/c1-6-7(10)4-9(2,3)5-8(6)11;/h4-5,10H2,1-3H3;1H. The highest BCUT2D eigenvalue weighted by atomic mass is 35.5. The van der Waals surface area contributed by atoms with E-state index in [1.165, 1.54) is 0 Å². The Morgan fingerprint density at radius 1 is 1.33 bits per heavy atom. The van der Waals surface area contributed by atoms with Crippen LogP contribution in [0.4, 0.5) is 0 Å². The summed E-state index contributed by atoms with van der Waals surface area (Å²) in [6.45, 7) is 6.10. The van der Waals surface area contributed by atoms with Crippen molar-refractivity contribution in [3.05, 3.63) is 11.3 Å². The molecule has 0 aliphatic heterocycles. The number of halogens is 1. The molecule has 0 radical (unpaired) electrons. The summed E-state index contributed by atoms with van der Waals surface area (Å²) in [6, 6.07) is 0. The molecule has 0 heterocycles. The van der Waals surface area contributed by atoms with Crippen LogP contribution in [-0.2, 0) is 4.79 Å². The van der Waals surface area contributed by atoms with E-state index in [2.05, 4.69) is 19.6 Å². The molecule has 0 saturated heterocycles. The third kappa shape index (κ3) is 2.32. The minimum absolute atomic E-state index is 0. The molecule has 0 aromatic heterocycles. The minimum atomic E-state index is 0. The van der Waals surface area contributed by atoms with Gasteiger partial charge in [0.2, 0.25) is 0 Å². The van der Waals surface area contributed by atoms with Crippen LogP contribution in [0.2, 0.25) is 0 Å². The molecule has 3 N–H and O–H groups in total. The van der Waals surface area contributed by atoms with E-state index in [9.17, 15) is 4.79 Å². The number of Topliss-reactive ketones (excluding diaryl/α,β-unsaturated/α-hetero) is 1. The summed E-state index contributed by atoms with van der Waals surface area (Å²) in [5.74, 6) is 0.270. The van der Waals surface area contributed by atoms with Crippen LogP contribution in [0, 0.1) is 5.41 Å². The zero-order valence-corrected chi connectivity index (χ0v) is 8.66. The molecule has 0 fully saturated rings. The molecule has 0 aromatic carbocycles. The maximum absolute atomic E-state index is 11.3. The summed E-state index contributed by atoms with van der Waals surface area (Å²) in [5, 5.41) is 0. The topological polar surface area (TPSA) is 44.7 Å². The second kappa shape index (κ2) is 3.58. The molecule has 0 unspecified atom stereocenters. The van der Waals surface area contributed by atoms with Crippen molar-refractivity contribution in [1.29, 1.82) is 0 Å². The Morgan fingerprint density at radius 3 is 2.25 bits per heavy atom. The van der Waals surface area contributed by atoms with E-state index in [1.807, 2.05) is 6.92 Å². The van der Waals surface area contributed by atoms with Crippen LogP contribution in [0.3, 0.4) is 0 Å². The fourth-order valence-electron chi connectivity index (χ4n) is 1.54. The molecular weight excluding hydrogens is 174 g/mol. The minimum Gasteiger partial charge on any atom is -1.00 e. The quantitative estimate of drug-likeness (QED) is 0.466. The first-order valence-electron chi connectivity index (χ1n) is 3.97. The lowest BCUT2D eigenvalue weighted by atomic mass is 9.76. The Balaban J connectivity index is 0.00000121. The summed E-state index contributed by atoms with van der Waals surface area (Å²) >= 11 is 0. The molecule has 0 amide bonds. The summed E-state index contributed by atoms with van der Waals surface area (Å²) in [5.41, 5.74) is 5.91. The van der Waals surface area contributed by atoms with E-state index >= 15 is 0 Å². The highest BCUT2D eigenvalue weighted by molar-refractivity contribution is 5.96. The highest BCUT2D eigenvalue weighted by Gasteiger charge is 2.31. The largest absolute Gasteiger partial charge is 1.00 e. The van der Waals surface area contributed by atoms with Gasteiger partial charge in [0.1, 0.15) is 5.70 Å². The van der Waals surface area contributed by atoms with Crippen LogP contribution < -0.4 is 18.1 Å². The van der Waals surface area contributed by atoms with Gasteiger partial charge >= 0.3 is 0 Å². The monoisotopic (exact) mass is 189 g/mol. The van der Waals surface area contributed by atoms with Crippen molar-refractivity contribution < 1.29 is 22.9 Å². The first-order valence-corrected chi connectivity index (χ1v) is 3.97. The first-order chi connectivity index (χ1) is 4.92. The number of ketones is 1. The normalized spacial score (nSPS) is 22.2. The lowest BCUT2D eigenvalue weighted by Gasteiger charge is -2.27. The molecule has 0 aromatic rings. The number of carbonyl (C=O) groups excluding carboxylic acids is 1. The average molecular weight is 190 g/mol. The van der Waals surface area contributed by atoms with Crippen LogP contribution in [0.1, 0.15) is 33.6 Å². The molecule has 70 valence electrons. The zero-order valence-electron chi connectivity index (χ0n) is 7.91. The van der Waals surface area contributed by atoms with Gasteiger partial charge in [-0.3, -0.25) is 4.79 Å². The van der Waals surface area contributed by atoms with Crippen LogP contribution >= 0.6 is 0 Å². The molecule has 12 heavy (non-hydrogen) atoms. The number of rotatable bonds is 0. The number of quaternary nitrogens is 1. The van der Waals surface area contributed by atoms with E-state index in [0.29, 0.717) is 6.42 Å². The van der Waals surface area contributed by atoms with Crippen molar-refractivity contribution in [2.75, 3.05) is 0 Å². The smallest absolute Gasteiger partial charge is 0.164 e. The van der Waals surface area contributed by atoms with Gasteiger partial charge in [-0.25, -0.2) is 0 Å². The lowest BCUT2D eigenvalue weighted by molar-refractivity contribution is -0.312. The fourth-order valence-corrected chi connectivity index (χ4v) is 1.54. The maximum Gasteiger partial charge on any atom is 0.164 e. The number of carbonyl (C=O) groups is 1. The first kappa shape index (κ1) is 11.7. The maximum atomic E-state index is 11.3. The van der Waals surface area contributed by atoms with Crippen molar-refractivity contribution in [3.63, 3.8) is 0 Å². The van der Waals surface area contributed by atoms with E-state index in [1.54, 1.807) is 0 Å². The number of allylic oxidation sites excluding steroid dienone is 2. The Kier molecular flexibility index (Phi) is 3.48. The van der Waals surface area contributed by atoms with Gasteiger partial charge in [0.05, 0.1) is 0 Å². The van der Waals surface area contributed by atoms with Crippen LogP contribution in [0.25, 0.3) is 0 Å². The number of hydrogen-bond donors (Lipinski definition) is 1. The molecule has 1 aliphatic carbocycles. The van der Waals surface area contributed by atoms with Crippen molar-refractivity contribution in [1.82, 2.24) is 0 Å². The molecule has 1 rings (SSSR count). The summed E-state index contributed by atoms with van der Waals surface area (Å²) in [7, 11) is 0. The Labute approximate surface area is 79.6 Å². The van der Waals surface area contributed by atoms with Gasteiger partial charge in [-0.1, -0.05) is 13.8 Å². The van der Waals surface area contributed by atoms with Gasteiger partial charge in [0.25, 0.3) is 0 Å². The van der Waals surface area contributed by atoms with Gasteiger partial charge in [-0.15, -0.1) is 0 Å². The Hall–Kier alpha value is -0.340. The van der Waals surface area contributed by atoms with Crippen LogP contribution in [0.15, 0.2) is 11.3 Å². The molecule has 1 aliphatic rings. The van der Waals surface area contributed by atoms with Crippen molar-refractivity contribution >= 4 is 5.78 Å². The molecule has 0 bridgehead atoms. The molecule has 3 heteroatoms. The van der Waals surface area contributed by atoms with Gasteiger partial charge in [0.15, 0.2) is 5.78 Å². The van der Waals surface area contributed by atoms with E-state index < -0.39 is 0 Å². The summed E-state index contributed by atoms with van der Waals surface area (Å²) in [6.07, 6.45) is 1.64. The molecule has 0 atom stereocenters. The Morgan fingerprint density at radius 2 is 1.83 bits per heavy atom. The van der Waals surface area contributed by atoms with Gasteiger partial charge in [-0.05, 0) is 12.3 Å². The van der Waals surface area contributed by atoms with E-state index in [-0.39, 0.29) is 23.6 Å². The lowest BCUT2D eigenvalue weighted by Crippen LogP contribution is -3.00. The van der Waals surface area contributed by atoms with E-state index in [4.69, 9.17) is 0 Å². The zero-order chi connectivity index (χ0) is 8.65. The van der Waals surface area contributed by atoms with Crippen molar-refractivity contribution in [2.45, 2.75) is 33.6 Å². The molecule has 0 spiro atoms. The van der Waals surface area contributed by atoms with Crippen molar-refractivity contribution in [2.24, 2.45) is 5.41 Å². The SMILES string of the molecule is CC1=C([NH3+])CC(C)(C)CC1=O.[Cl-]. The van der Waals surface area contributed by atoms with Crippen LogP contribution in [0.5, 0.6) is 0 Å². The summed E-state index contributed by atoms with van der Waals surface area (Å²) < 4.78 is 0.